The third kappa shape index (κ3) is 2.56. The van der Waals surface area contributed by atoms with E-state index in [0.717, 1.165) is 0 Å². The van der Waals surface area contributed by atoms with Crippen molar-refractivity contribution in [1.29, 1.82) is 0 Å². The van der Waals surface area contributed by atoms with Gasteiger partial charge in [-0.05, 0) is 36.8 Å². The quantitative estimate of drug-likeness (QED) is 0.649. The van der Waals surface area contributed by atoms with Gasteiger partial charge in [0, 0.05) is 16.5 Å². The van der Waals surface area contributed by atoms with E-state index in [0.29, 0.717) is 16.1 Å². The Morgan fingerprint density at radius 2 is 2.07 bits per heavy atom. The van der Waals surface area contributed by atoms with Gasteiger partial charge in [-0.25, -0.2) is 13.4 Å². The third-order valence-corrected chi connectivity index (χ3v) is 8.03. The molecule has 0 aliphatic carbocycles. The van der Waals surface area contributed by atoms with Gasteiger partial charge in [-0.3, -0.25) is 4.79 Å². The van der Waals surface area contributed by atoms with E-state index in [1.165, 1.54) is 18.2 Å². The molecule has 30 heavy (non-hydrogen) atoms. The number of alkyl halides is 2. The second-order valence-corrected chi connectivity index (χ2v) is 9.66. The van der Waals surface area contributed by atoms with Crippen LogP contribution in [0.1, 0.15) is 29.8 Å². The fraction of sp³-hybridized carbons (Fsp3) is 0.263. The topological polar surface area (TPSA) is 98.5 Å². The molecule has 0 fully saturated rings. The molecule has 1 aromatic heterocycles. The monoisotopic (exact) mass is 454 g/mol. The predicted octanol–water partition coefficient (Wildman–Crippen LogP) is 3.61. The predicted molar refractivity (Wildman–Crippen MR) is 102 cm³/mol. The van der Waals surface area contributed by atoms with E-state index in [1.54, 1.807) is 22.8 Å². The van der Waals surface area contributed by atoms with E-state index in [1.807, 2.05) is 0 Å². The van der Waals surface area contributed by atoms with Gasteiger partial charge in [0.05, 0.1) is 22.0 Å². The van der Waals surface area contributed by atoms with Gasteiger partial charge >= 0.3 is 12.6 Å². The van der Waals surface area contributed by atoms with Gasteiger partial charge in [0.1, 0.15) is 11.6 Å². The number of nitrogens with zero attached hydrogens (tertiary/aromatic N) is 2. The number of aromatic nitrogens is 2. The number of hydrogen-bond acceptors (Lipinski definition) is 5. The molecule has 2 aromatic carbocycles. The molecule has 0 radical (unpaired) electrons. The van der Waals surface area contributed by atoms with Crippen LogP contribution in [0.25, 0.3) is 11.0 Å². The average molecular weight is 455 g/mol. The lowest BCUT2D eigenvalue weighted by molar-refractivity contribution is -0.137. The number of carboxylic acid groups (broad SMARTS) is 1. The molecule has 7 nitrogen and oxygen atoms in total. The summed E-state index contributed by atoms with van der Waals surface area (Å²) in [5.74, 6) is -2.52. The first-order chi connectivity index (χ1) is 14.2. The number of fused-ring (bicyclic) bond motifs is 9. The number of carboxylic acids is 1. The van der Waals surface area contributed by atoms with Gasteiger partial charge in [-0.2, -0.15) is 8.78 Å². The third-order valence-electron chi connectivity index (χ3n) is 5.62. The molecule has 3 aromatic rings. The smallest absolute Gasteiger partial charge is 0.387 e. The summed E-state index contributed by atoms with van der Waals surface area (Å²) in [5, 5.41) is 8.41. The first-order valence-electron chi connectivity index (χ1n) is 8.92. The molecule has 1 N–H and O–H groups in total. The van der Waals surface area contributed by atoms with Gasteiger partial charge in [-0.1, -0.05) is 17.7 Å². The zero-order chi connectivity index (χ0) is 21.4. The lowest BCUT2D eigenvalue weighted by Gasteiger charge is -2.23. The Hall–Kier alpha value is -2.72. The van der Waals surface area contributed by atoms with Crippen molar-refractivity contribution < 1.29 is 31.8 Å². The second-order valence-electron chi connectivity index (χ2n) is 7.18. The standard InChI is InChI=1S/C19H13ClF2N2O5S/c20-8-4-5-10-11(6-8)24-12-7-9(17(24)23-10)16(18(25)26)30(27,28)14-3-1-2-13(15(12)14)29-19(21)22/h1-6,9,12,16,19H,7H2,(H,25,26)/t9-,12-,16?/m1/s1. The molecule has 3 atom stereocenters. The van der Waals surface area contributed by atoms with E-state index in [4.69, 9.17) is 11.6 Å². The normalized spacial score (nSPS) is 23.8. The Balaban J connectivity index is 1.89. The summed E-state index contributed by atoms with van der Waals surface area (Å²) < 4.78 is 59.0. The first-order valence-corrected chi connectivity index (χ1v) is 10.8. The van der Waals surface area contributed by atoms with E-state index in [2.05, 4.69) is 9.72 Å². The molecule has 2 aliphatic rings. The Morgan fingerprint density at radius 1 is 1.30 bits per heavy atom. The highest BCUT2D eigenvalue weighted by Gasteiger charge is 2.53. The summed E-state index contributed by atoms with van der Waals surface area (Å²) in [6.07, 6.45) is 0.0671. The van der Waals surface area contributed by atoms with Crippen LogP contribution >= 0.6 is 11.6 Å². The molecule has 1 unspecified atom stereocenters. The zero-order valence-corrected chi connectivity index (χ0v) is 16.6. The van der Waals surface area contributed by atoms with Crippen molar-refractivity contribution >= 4 is 38.4 Å². The van der Waals surface area contributed by atoms with Crippen LogP contribution in [0.15, 0.2) is 41.3 Å². The van der Waals surface area contributed by atoms with Gasteiger partial charge in [0.15, 0.2) is 15.1 Å². The van der Waals surface area contributed by atoms with Crippen molar-refractivity contribution in [3.63, 3.8) is 0 Å². The van der Waals surface area contributed by atoms with Crippen molar-refractivity contribution in [3.8, 4) is 5.75 Å². The van der Waals surface area contributed by atoms with E-state index in [9.17, 15) is 27.1 Å². The summed E-state index contributed by atoms with van der Waals surface area (Å²) in [7, 11) is -4.40. The van der Waals surface area contributed by atoms with Crippen molar-refractivity contribution in [2.24, 2.45) is 0 Å². The molecule has 5 rings (SSSR count). The van der Waals surface area contributed by atoms with Crippen molar-refractivity contribution in [1.82, 2.24) is 9.55 Å². The number of ether oxygens (including phenoxy) is 1. The minimum absolute atomic E-state index is 0.00424. The molecule has 2 bridgehead atoms. The van der Waals surface area contributed by atoms with Gasteiger partial charge in [0.25, 0.3) is 0 Å². The van der Waals surface area contributed by atoms with Crippen LogP contribution in [0.4, 0.5) is 8.78 Å². The first kappa shape index (κ1) is 19.3. The maximum Gasteiger partial charge on any atom is 0.387 e. The lowest BCUT2D eigenvalue weighted by atomic mass is 9.95. The summed E-state index contributed by atoms with van der Waals surface area (Å²) in [6.45, 7) is -3.18. The van der Waals surface area contributed by atoms with Crippen LogP contribution in [0.2, 0.25) is 5.02 Å². The fourth-order valence-electron chi connectivity index (χ4n) is 4.59. The van der Waals surface area contributed by atoms with Gasteiger partial charge in [0.2, 0.25) is 0 Å². The molecule has 156 valence electrons. The number of sulfone groups is 1. The van der Waals surface area contributed by atoms with Crippen molar-refractivity contribution in [2.45, 2.75) is 35.1 Å². The molecule has 0 amide bonds. The molecule has 3 heterocycles. The highest BCUT2D eigenvalue weighted by Crippen LogP contribution is 2.53. The van der Waals surface area contributed by atoms with E-state index < -0.39 is 39.6 Å². The Bertz CT molecular complexity index is 1320. The number of benzene rings is 2. The van der Waals surface area contributed by atoms with Crippen molar-refractivity contribution in [2.75, 3.05) is 0 Å². The molecule has 0 saturated heterocycles. The SMILES string of the molecule is O=C(O)C1[C@H]2C[C@H](c3c(OC(F)F)cccc3S1(=O)=O)n1c2nc2ccc(Cl)cc21. The number of hydrogen-bond donors (Lipinski definition) is 1. The van der Waals surface area contributed by atoms with Gasteiger partial charge in [-0.15, -0.1) is 0 Å². The molecular formula is C19H13ClF2N2O5S. The number of carbonyl (C=O) groups is 1. The van der Waals surface area contributed by atoms with Crippen LogP contribution in [0.3, 0.4) is 0 Å². The summed E-state index contributed by atoms with van der Waals surface area (Å²) in [4.78, 5) is 16.2. The largest absolute Gasteiger partial charge is 0.480 e. The lowest BCUT2D eigenvalue weighted by Crippen LogP contribution is -2.35. The zero-order valence-electron chi connectivity index (χ0n) is 15.0. The number of halogens is 3. The Morgan fingerprint density at radius 3 is 2.77 bits per heavy atom. The molecule has 2 aliphatic heterocycles. The maximum absolute atomic E-state index is 13.3. The molecule has 0 saturated carbocycles. The highest BCUT2D eigenvalue weighted by molar-refractivity contribution is 7.93. The van der Waals surface area contributed by atoms with Crippen molar-refractivity contribution in [3.05, 3.63) is 52.8 Å². The number of aliphatic carboxylic acids is 1. The number of rotatable bonds is 3. The highest BCUT2D eigenvalue weighted by atomic mass is 35.5. The van der Waals surface area contributed by atoms with Crippen LogP contribution in [0, 0.1) is 0 Å². The summed E-state index contributed by atoms with van der Waals surface area (Å²) in [6, 6.07) is 7.87. The Kier molecular flexibility index (Phi) is 4.10. The van der Waals surface area contributed by atoms with E-state index in [-0.39, 0.29) is 28.5 Å². The molecule has 0 spiro atoms. The summed E-state index contributed by atoms with van der Waals surface area (Å²) in [5.41, 5.74) is 1.07. The average Bonchev–Trinajstić information content (AvgIpc) is 3.15. The van der Waals surface area contributed by atoms with E-state index >= 15 is 0 Å². The van der Waals surface area contributed by atoms with Crippen LogP contribution in [-0.2, 0) is 14.6 Å². The number of imidazole rings is 1. The fourth-order valence-corrected chi connectivity index (χ4v) is 6.77. The summed E-state index contributed by atoms with van der Waals surface area (Å²) >= 11 is 6.12. The minimum Gasteiger partial charge on any atom is -0.480 e. The minimum atomic E-state index is -4.40. The maximum atomic E-state index is 13.3. The molecule has 11 heteroatoms. The second kappa shape index (κ2) is 6.39. The van der Waals surface area contributed by atoms with Gasteiger partial charge < -0.3 is 14.4 Å². The molecular weight excluding hydrogens is 442 g/mol. The Labute approximate surface area is 173 Å². The van der Waals surface area contributed by atoms with Crippen LogP contribution < -0.4 is 4.74 Å². The van der Waals surface area contributed by atoms with Crippen LogP contribution in [-0.4, -0.2) is 40.9 Å². The van der Waals surface area contributed by atoms with Crippen LogP contribution in [0.5, 0.6) is 5.75 Å².